The predicted octanol–water partition coefficient (Wildman–Crippen LogP) is 2.82. The molecule has 0 aliphatic rings. The molecule has 12 heteroatoms. The van der Waals surface area contributed by atoms with Gasteiger partial charge in [0.1, 0.15) is 25.3 Å². The van der Waals surface area contributed by atoms with E-state index in [0.29, 0.717) is 21.7 Å². The highest BCUT2D eigenvalue weighted by Gasteiger charge is 2.39. The number of nitrogens with zero attached hydrogens (tertiary/aromatic N) is 2. The van der Waals surface area contributed by atoms with Crippen molar-refractivity contribution in [2.45, 2.75) is 52.0 Å². The number of amides is 4. The lowest BCUT2D eigenvalue weighted by atomic mass is 10.0. The van der Waals surface area contributed by atoms with Crippen molar-refractivity contribution >= 4 is 24.0 Å². The van der Waals surface area contributed by atoms with E-state index in [1.54, 1.807) is 48.5 Å². The summed E-state index contributed by atoms with van der Waals surface area (Å²) in [6.45, 7) is 3.46. The molecule has 0 fully saturated rings. The van der Waals surface area contributed by atoms with Gasteiger partial charge in [0.05, 0.1) is 6.33 Å². The van der Waals surface area contributed by atoms with Crippen molar-refractivity contribution in [3.05, 3.63) is 90.0 Å². The van der Waals surface area contributed by atoms with Crippen molar-refractivity contribution in [2.75, 3.05) is 0 Å². The number of hydrazine groups is 1. The third-order valence-electron chi connectivity index (χ3n) is 5.87. The first-order chi connectivity index (χ1) is 19.3. The number of hydrogen-bond acceptors (Lipinski definition) is 8. The van der Waals surface area contributed by atoms with Crippen LogP contribution >= 0.6 is 0 Å². The fourth-order valence-corrected chi connectivity index (χ4v) is 3.88. The van der Waals surface area contributed by atoms with Gasteiger partial charge in [-0.2, -0.15) is 4.90 Å². The molecule has 5 N–H and O–H groups in total. The molecule has 0 aliphatic heterocycles. The Labute approximate surface area is 232 Å². The number of aromatic amines is 1. The topological polar surface area (TPSA) is 169 Å². The molecule has 3 rings (SSSR count). The van der Waals surface area contributed by atoms with Crippen molar-refractivity contribution in [1.82, 2.24) is 25.6 Å². The number of carbonyl (C=O) groups is 4. The van der Waals surface area contributed by atoms with Crippen molar-refractivity contribution in [3.63, 3.8) is 0 Å². The maximum Gasteiger partial charge on any atom is 0.420 e. The number of H-pyrrole nitrogens is 1. The van der Waals surface area contributed by atoms with Gasteiger partial charge in [-0.05, 0) is 23.5 Å². The van der Waals surface area contributed by atoms with E-state index in [4.69, 9.17) is 15.3 Å². The summed E-state index contributed by atoms with van der Waals surface area (Å²) in [6.07, 6.45) is 0.796. The summed E-state index contributed by atoms with van der Waals surface area (Å²) in [4.78, 5) is 60.3. The Morgan fingerprint density at radius 3 is 1.90 bits per heavy atom. The summed E-state index contributed by atoms with van der Waals surface area (Å²) in [7, 11) is 0. The number of imidazole rings is 1. The van der Waals surface area contributed by atoms with Gasteiger partial charge in [-0.3, -0.25) is 15.0 Å². The molecule has 0 radical (unpaired) electrons. The molecule has 0 aliphatic carbocycles. The number of ether oxygens (including phenoxy) is 2. The summed E-state index contributed by atoms with van der Waals surface area (Å²) < 4.78 is 10.9. The van der Waals surface area contributed by atoms with E-state index >= 15 is 0 Å². The molecule has 0 bridgehead atoms. The van der Waals surface area contributed by atoms with Gasteiger partial charge in [0.15, 0.2) is 0 Å². The quantitative estimate of drug-likeness (QED) is 0.152. The van der Waals surface area contributed by atoms with Crippen LogP contribution in [0.4, 0.5) is 9.59 Å². The van der Waals surface area contributed by atoms with Crippen molar-refractivity contribution in [1.29, 1.82) is 0 Å². The van der Waals surface area contributed by atoms with Crippen LogP contribution in [0.3, 0.4) is 0 Å². The molecule has 2 atom stereocenters. The molecule has 0 saturated carbocycles. The number of imide groups is 1. The van der Waals surface area contributed by atoms with Gasteiger partial charge in [0.2, 0.25) is 5.91 Å². The minimum absolute atomic E-state index is 0.0245. The molecule has 0 saturated heterocycles. The minimum atomic E-state index is -1.45. The molecule has 0 unspecified atom stereocenters. The number of nitrogens with two attached hydrogens (primary N) is 1. The van der Waals surface area contributed by atoms with E-state index in [9.17, 15) is 19.2 Å². The third-order valence-corrected chi connectivity index (χ3v) is 5.87. The molecule has 0 spiro atoms. The first-order valence-corrected chi connectivity index (χ1v) is 12.8. The van der Waals surface area contributed by atoms with Crippen LogP contribution < -0.4 is 16.6 Å². The van der Waals surface area contributed by atoms with Gasteiger partial charge in [-0.25, -0.2) is 20.4 Å². The molecule has 1 aromatic heterocycles. The van der Waals surface area contributed by atoms with Crippen LogP contribution in [0.15, 0.2) is 73.2 Å². The normalized spacial score (nSPS) is 12.2. The average molecular weight is 551 g/mol. The van der Waals surface area contributed by atoms with Crippen molar-refractivity contribution in [3.8, 4) is 0 Å². The van der Waals surface area contributed by atoms with Crippen LogP contribution in [0, 0.1) is 5.92 Å². The Kier molecular flexibility index (Phi) is 11.2. The molecule has 12 nitrogen and oxygen atoms in total. The molecule has 3 aromatic rings. The Morgan fingerprint density at radius 2 is 1.45 bits per heavy atom. The minimum Gasteiger partial charge on any atom is -0.444 e. The molecule has 212 valence electrons. The second-order valence-electron chi connectivity index (χ2n) is 9.45. The zero-order valence-corrected chi connectivity index (χ0v) is 22.4. The average Bonchev–Trinajstić information content (AvgIpc) is 3.48. The number of nitrogens with one attached hydrogen (secondary N) is 3. The highest BCUT2D eigenvalue weighted by Crippen LogP contribution is 2.16. The van der Waals surface area contributed by atoms with Crippen molar-refractivity contribution < 1.29 is 28.7 Å². The molecule has 2 aromatic carbocycles. The lowest BCUT2D eigenvalue weighted by Gasteiger charge is -2.29. The summed E-state index contributed by atoms with van der Waals surface area (Å²) in [6, 6.07) is 15.3. The number of hydrogen-bond donors (Lipinski definition) is 4. The van der Waals surface area contributed by atoms with Crippen LogP contribution in [0.2, 0.25) is 0 Å². The first-order valence-electron chi connectivity index (χ1n) is 12.8. The SMILES string of the molecule is CC(C)C[C@@H](NC(=O)[C@H](Cc1cnc[nH]1)N(C(=O)OCc1ccccc1)C(=O)OCc1ccccc1)C(=O)NN. The zero-order valence-electron chi connectivity index (χ0n) is 22.4. The number of carbonyl (C=O) groups excluding carboxylic acids is 4. The monoisotopic (exact) mass is 550 g/mol. The second kappa shape index (κ2) is 15.0. The summed E-state index contributed by atoms with van der Waals surface area (Å²) >= 11 is 0. The first kappa shape index (κ1) is 29.8. The third kappa shape index (κ3) is 8.95. The largest absolute Gasteiger partial charge is 0.444 e. The van der Waals surface area contributed by atoms with E-state index in [1.807, 2.05) is 31.4 Å². The van der Waals surface area contributed by atoms with Gasteiger partial charge in [-0.15, -0.1) is 0 Å². The van der Waals surface area contributed by atoms with Gasteiger partial charge in [0.25, 0.3) is 5.91 Å². The molecule has 4 amide bonds. The van der Waals surface area contributed by atoms with E-state index in [0.717, 1.165) is 0 Å². The second-order valence-corrected chi connectivity index (χ2v) is 9.45. The Hall–Kier alpha value is -4.71. The lowest BCUT2D eigenvalue weighted by Crippen LogP contribution is -2.58. The lowest BCUT2D eigenvalue weighted by molar-refractivity contribution is -0.131. The zero-order chi connectivity index (χ0) is 28.9. The van der Waals surface area contributed by atoms with Crippen LogP contribution in [0.25, 0.3) is 0 Å². The van der Waals surface area contributed by atoms with Gasteiger partial charge < -0.3 is 19.8 Å². The van der Waals surface area contributed by atoms with Gasteiger partial charge in [0, 0.05) is 18.3 Å². The van der Waals surface area contributed by atoms with E-state index in [1.165, 1.54) is 12.5 Å². The van der Waals surface area contributed by atoms with E-state index in [-0.39, 0.29) is 32.0 Å². The highest BCUT2D eigenvalue weighted by atomic mass is 16.6. The smallest absolute Gasteiger partial charge is 0.420 e. The Morgan fingerprint density at radius 1 is 0.900 bits per heavy atom. The van der Waals surface area contributed by atoms with Gasteiger partial charge in [-0.1, -0.05) is 74.5 Å². The standard InChI is InChI=1S/C28H34N6O6/c1-19(2)13-23(25(35)33-29)32-26(36)24(14-22-15-30-18-31-22)34(27(37)39-16-20-9-5-3-6-10-20)28(38)40-17-21-11-7-4-8-12-21/h3-12,15,18-19,23-24H,13-14,16-17,29H2,1-2H3,(H,30,31)(H,32,36)(H,33,35)/t23-,24+/m1/s1. The highest BCUT2D eigenvalue weighted by molar-refractivity contribution is 5.97. The van der Waals surface area contributed by atoms with Crippen LogP contribution in [-0.2, 0) is 38.7 Å². The number of benzene rings is 2. The van der Waals surface area contributed by atoms with Crippen LogP contribution in [0.5, 0.6) is 0 Å². The Balaban J connectivity index is 1.91. The van der Waals surface area contributed by atoms with Gasteiger partial charge >= 0.3 is 12.2 Å². The fraction of sp³-hybridized carbons (Fsp3) is 0.321. The number of rotatable bonds is 12. The summed E-state index contributed by atoms with van der Waals surface area (Å²) in [5.41, 5.74) is 3.86. The van der Waals surface area contributed by atoms with Crippen LogP contribution in [-0.4, -0.2) is 51.0 Å². The van der Waals surface area contributed by atoms with Crippen LogP contribution in [0.1, 0.15) is 37.1 Å². The Bertz CT molecular complexity index is 1180. The molecular weight excluding hydrogens is 516 g/mol. The maximum absolute atomic E-state index is 13.7. The summed E-state index contributed by atoms with van der Waals surface area (Å²) in [5, 5.41) is 2.63. The maximum atomic E-state index is 13.7. The van der Waals surface area contributed by atoms with E-state index in [2.05, 4.69) is 15.3 Å². The molecule has 40 heavy (non-hydrogen) atoms. The van der Waals surface area contributed by atoms with E-state index < -0.39 is 36.1 Å². The summed E-state index contributed by atoms with van der Waals surface area (Å²) in [5.74, 6) is 3.96. The predicted molar refractivity (Wildman–Crippen MR) is 145 cm³/mol. The fourth-order valence-electron chi connectivity index (χ4n) is 3.88. The molecule has 1 heterocycles. The molecular formula is C28H34N6O6. The van der Waals surface area contributed by atoms with Crippen molar-refractivity contribution in [2.24, 2.45) is 11.8 Å². The number of aromatic nitrogens is 2.